The van der Waals surface area contributed by atoms with Gasteiger partial charge in [-0.25, -0.2) is 0 Å². The average molecular weight is 318 g/mol. The topological polar surface area (TPSA) is 67.6 Å². The van der Waals surface area contributed by atoms with Crippen LogP contribution >= 0.6 is 22.9 Å². The lowest BCUT2D eigenvalue weighted by Gasteiger charge is -2.41. The number of hydrogen-bond acceptors (Lipinski definition) is 5. The molecule has 3 N–H and O–H groups in total. The maximum absolute atomic E-state index is 12.0. The molecule has 112 valence electrons. The van der Waals surface area contributed by atoms with Gasteiger partial charge in [0.05, 0.1) is 23.6 Å². The summed E-state index contributed by atoms with van der Waals surface area (Å²) in [7, 11) is 1.64. The SMILES string of the molecule is CNC(=O)C1COCCN1C(c1ccc(Cl)s1)C(C)N. The minimum Gasteiger partial charge on any atom is -0.378 e. The number of thiophene rings is 1. The molecule has 0 spiro atoms. The zero-order valence-electron chi connectivity index (χ0n) is 11.6. The van der Waals surface area contributed by atoms with E-state index in [2.05, 4.69) is 10.2 Å². The van der Waals surface area contributed by atoms with Gasteiger partial charge >= 0.3 is 0 Å². The van der Waals surface area contributed by atoms with Crippen molar-refractivity contribution in [2.24, 2.45) is 5.73 Å². The van der Waals surface area contributed by atoms with E-state index in [1.165, 1.54) is 11.3 Å². The van der Waals surface area contributed by atoms with Crippen LogP contribution in [0.15, 0.2) is 12.1 Å². The maximum atomic E-state index is 12.0. The van der Waals surface area contributed by atoms with Crippen LogP contribution in [0.2, 0.25) is 4.34 Å². The molecule has 3 atom stereocenters. The summed E-state index contributed by atoms with van der Waals surface area (Å²) in [5.41, 5.74) is 6.16. The summed E-state index contributed by atoms with van der Waals surface area (Å²) in [6, 6.07) is 3.41. The molecular formula is C13H20ClN3O2S. The first-order chi connectivity index (χ1) is 9.54. The number of nitrogens with zero attached hydrogens (tertiary/aromatic N) is 1. The first-order valence-electron chi connectivity index (χ1n) is 6.60. The van der Waals surface area contributed by atoms with Crippen molar-refractivity contribution >= 4 is 28.8 Å². The summed E-state index contributed by atoms with van der Waals surface area (Å²) in [5, 5.41) is 2.69. The number of halogens is 1. The Labute approximate surface area is 128 Å². The molecule has 1 amide bonds. The molecule has 20 heavy (non-hydrogen) atoms. The number of nitrogens with one attached hydrogen (secondary N) is 1. The number of rotatable bonds is 4. The Balaban J connectivity index is 2.28. The van der Waals surface area contributed by atoms with Crippen LogP contribution in [0.5, 0.6) is 0 Å². The number of nitrogens with two attached hydrogens (primary N) is 1. The van der Waals surface area contributed by atoms with E-state index in [0.29, 0.717) is 19.8 Å². The van der Waals surface area contributed by atoms with Gasteiger partial charge in [-0.05, 0) is 19.1 Å². The van der Waals surface area contributed by atoms with Gasteiger partial charge in [0.15, 0.2) is 0 Å². The molecule has 1 aromatic rings. The predicted molar refractivity (Wildman–Crippen MR) is 81.1 cm³/mol. The molecule has 0 aliphatic carbocycles. The van der Waals surface area contributed by atoms with E-state index in [-0.39, 0.29) is 24.0 Å². The molecule has 5 nitrogen and oxygen atoms in total. The maximum Gasteiger partial charge on any atom is 0.239 e. The second kappa shape index (κ2) is 6.87. The van der Waals surface area contributed by atoms with Gasteiger partial charge in [-0.2, -0.15) is 0 Å². The molecule has 3 unspecified atom stereocenters. The highest BCUT2D eigenvalue weighted by molar-refractivity contribution is 7.16. The Hall–Kier alpha value is -0.660. The van der Waals surface area contributed by atoms with Gasteiger partial charge in [0.2, 0.25) is 5.91 Å². The van der Waals surface area contributed by atoms with Crippen molar-refractivity contribution in [1.29, 1.82) is 0 Å². The third kappa shape index (κ3) is 3.32. The normalized spacial score (nSPS) is 23.3. The van der Waals surface area contributed by atoms with Crippen molar-refractivity contribution in [1.82, 2.24) is 10.2 Å². The second-order valence-electron chi connectivity index (χ2n) is 4.89. The quantitative estimate of drug-likeness (QED) is 0.876. The zero-order valence-corrected chi connectivity index (χ0v) is 13.2. The number of hydrogen-bond donors (Lipinski definition) is 2. The molecule has 2 rings (SSSR count). The highest BCUT2D eigenvalue weighted by Crippen LogP contribution is 2.34. The van der Waals surface area contributed by atoms with E-state index in [4.69, 9.17) is 22.1 Å². The predicted octanol–water partition coefficient (Wildman–Crippen LogP) is 1.24. The van der Waals surface area contributed by atoms with Gasteiger partial charge in [-0.15, -0.1) is 11.3 Å². The van der Waals surface area contributed by atoms with Crippen molar-refractivity contribution in [3.05, 3.63) is 21.3 Å². The Bertz CT molecular complexity index is 466. The number of ether oxygens (including phenoxy) is 1. The van der Waals surface area contributed by atoms with Crippen molar-refractivity contribution in [2.75, 3.05) is 26.8 Å². The van der Waals surface area contributed by atoms with E-state index in [0.717, 1.165) is 9.21 Å². The van der Waals surface area contributed by atoms with E-state index in [1.807, 2.05) is 19.1 Å². The number of carbonyl (C=O) groups is 1. The summed E-state index contributed by atoms with van der Waals surface area (Å²) in [5.74, 6) is -0.0435. The number of carbonyl (C=O) groups excluding carboxylic acids is 1. The number of amides is 1. The fraction of sp³-hybridized carbons (Fsp3) is 0.615. The zero-order chi connectivity index (χ0) is 14.7. The van der Waals surface area contributed by atoms with E-state index < -0.39 is 0 Å². The van der Waals surface area contributed by atoms with Crippen LogP contribution in [0, 0.1) is 0 Å². The first-order valence-corrected chi connectivity index (χ1v) is 7.80. The number of likely N-dealkylation sites (N-methyl/N-ethyl adjacent to an activating group) is 1. The lowest BCUT2D eigenvalue weighted by Crippen LogP contribution is -2.56. The smallest absolute Gasteiger partial charge is 0.239 e. The van der Waals surface area contributed by atoms with E-state index in [9.17, 15) is 4.79 Å². The fourth-order valence-corrected chi connectivity index (χ4v) is 3.85. The second-order valence-corrected chi connectivity index (χ2v) is 6.64. The Morgan fingerprint density at radius 3 is 2.95 bits per heavy atom. The monoisotopic (exact) mass is 317 g/mol. The average Bonchev–Trinajstić information content (AvgIpc) is 2.84. The Kier molecular flexibility index (Phi) is 5.40. The lowest BCUT2D eigenvalue weighted by molar-refractivity contribution is -0.134. The lowest BCUT2D eigenvalue weighted by atomic mass is 10.0. The largest absolute Gasteiger partial charge is 0.378 e. The molecule has 1 aromatic heterocycles. The van der Waals surface area contributed by atoms with Crippen molar-refractivity contribution in [3.63, 3.8) is 0 Å². The summed E-state index contributed by atoms with van der Waals surface area (Å²) in [6.07, 6.45) is 0. The summed E-state index contributed by atoms with van der Waals surface area (Å²) >= 11 is 7.54. The Morgan fingerprint density at radius 2 is 2.40 bits per heavy atom. The minimum atomic E-state index is -0.314. The van der Waals surface area contributed by atoms with Crippen LogP contribution in [0.25, 0.3) is 0 Å². The molecular weight excluding hydrogens is 298 g/mol. The first kappa shape index (κ1) is 15.7. The molecule has 1 fully saturated rings. The molecule has 0 aromatic carbocycles. The number of morpholine rings is 1. The van der Waals surface area contributed by atoms with Gasteiger partial charge in [0.1, 0.15) is 6.04 Å². The molecule has 0 saturated carbocycles. The summed E-state index contributed by atoms with van der Waals surface area (Å²) in [6.45, 7) is 3.63. The highest BCUT2D eigenvalue weighted by Gasteiger charge is 2.36. The van der Waals surface area contributed by atoms with Gasteiger partial charge in [0.25, 0.3) is 0 Å². The van der Waals surface area contributed by atoms with Gasteiger partial charge in [-0.3, -0.25) is 9.69 Å². The van der Waals surface area contributed by atoms with Gasteiger partial charge < -0.3 is 15.8 Å². The Morgan fingerprint density at radius 1 is 1.65 bits per heavy atom. The highest BCUT2D eigenvalue weighted by atomic mass is 35.5. The molecule has 1 aliphatic heterocycles. The minimum absolute atomic E-state index is 0.0290. The van der Waals surface area contributed by atoms with Crippen LogP contribution in [-0.2, 0) is 9.53 Å². The third-order valence-electron chi connectivity index (χ3n) is 3.46. The van der Waals surface area contributed by atoms with E-state index in [1.54, 1.807) is 7.05 Å². The van der Waals surface area contributed by atoms with Gasteiger partial charge in [0, 0.05) is 24.5 Å². The van der Waals surface area contributed by atoms with E-state index >= 15 is 0 Å². The third-order valence-corrected chi connectivity index (χ3v) is 4.76. The van der Waals surface area contributed by atoms with Crippen LogP contribution in [0.4, 0.5) is 0 Å². The molecule has 1 aliphatic rings. The van der Waals surface area contributed by atoms with Crippen molar-refractivity contribution < 1.29 is 9.53 Å². The molecule has 7 heteroatoms. The van der Waals surface area contributed by atoms with Crippen LogP contribution in [-0.4, -0.2) is 49.7 Å². The van der Waals surface area contributed by atoms with Crippen LogP contribution < -0.4 is 11.1 Å². The van der Waals surface area contributed by atoms with Crippen LogP contribution in [0.1, 0.15) is 17.8 Å². The molecule has 0 bridgehead atoms. The van der Waals surface area contributed by atoms with Gasteiger partial charge in [-0.1, -0.05) is 11.6 Å². The van der Waals surface area contributed by atoms with Crippen molar-refractivity contribution in [3.8, 4) is 0 Å². The molecule has 0 radical (unpaired) electrons. The summed E-state index contributed by atoms with van der Waals surface area (Å²) in [4.78, 5) is 15.2. The standard InChI is InChI=1S/C13H20ClN3O2S/c1-8(15)12(10-3-4-11(14)20-10)17-5-6-19-7-9(17)13(18)16-2/h3-4,8-9,12H,5-7,15H2,1-2H3,(H,16,18). The molecule has 1 saturated heterocycles. The summed E-state index contributed by atoms with van der Waals surface area (Å²) < 4.78 is 6.17. The van der Waals surface area contributed by atoms with Crippen LogP contribution in [0.3, 0.4) is 0 Å². The fourth-order valence-electron chi connectivity index (χ4n) is 2.55. The van der Waals surface area contributed by atoms with Crippen molar-refractivity contribution in [2.45, 2.75) is 25.0 Å². The molecule has 2 heterocycles.